The fraction of sp³-hybridized carbons (Fsp3) is 0.172. The van der Waals surface area contributed by atoms with Gasteiger partial charge >= 0.3 is 0 Å². The lowest BCUT2D eigenvalue weighted by atomic mass is 9.93. The van der Waals surface area contributed by atoms with Crippen LogP contribution in [0.4, 0.5) is 0 Å². The third kappa shape index (κ3) is 4.94. The Balaban J connectivity index is 1.54. The number of rotatable bonds is 6. The van der Waals surface area contributed by atoms with E-state index in [1.54, 1.807) is 0 Å². The molecule has 0 spiro atoms. The van der Waals surface area contributed by atoms with Crippen LogP contribution in [0.1, 0.15) is 44.9 Å². The Morgan fingerprint density at radius 2 is 1.47 bits per heavy atom. The average Bonchev–Trinajstić information content (AvgIpc) is 2.82. The molecular weight excluding hydrogens is 392 g/mol. The van der Waals surface area contributed by atoms with E-state index < -0.39 is 0 Å². The molecule has 32 heavy (non-hydrogen) atoms. The highest BCUT2D eigenvalue weighted by atomic mass is 16.3. The van der Waals surface area contributed by atoms with Crippen molar-refractivity contribution in [3.8, 4) is 23.5 Å². The molecule has 3 heteroatoms. The standard InChI is InChI=1S/C29H26N2O/c1-4-22-5-7-23(8-6-22)17-29-30-14-13-27(31-29)18-28-20(2)15-26(16-21(28)3)25-11-9-24(19-32)10-12-25/h1,5-16,32H,17-19H2,2-3H3. The molecule has 0 amide bonds. The quantitative estimate of drug-likeness (QED) is 0.426. The van der Waals surface area contributed by atoms with Crippen LogP contribution in [-0.4, -0.2) is 15.1 Å². The number of aliphatic hydroxyl groups is 1. The minimum Gasteiger partial charge on any atom is -0.392 e. The van der Waals surface area contributed by atoms with Gasteiger partial charge in [0.25, 0.3) is 0 Å². The highest BCUT2D eigenvalue weighted by molar-refractivity contribution is 5.66. The zero-order valence-corrected chi connectivity index (χ0v) is 18.5. The number of aromatic nitrogens is 2. The Bertz CT molecular complexity index is 1240. The van der Waals surface area contributed by atoms with Gasteiger partial charge in [0, 0.05) is 30.3 Å². The second-order valence-electron chi connectivity index (χ2n) is 8.10. The maximum atomic E-state index is 9.27. The number of aliphatic hydroxyl groups excluding tert-OH is 1. The molecule has 0 aliphatic carbocycles. The molecule has 0 radical (unpaired) electrons. The van der Waals surface area contributed by atoms with Crippen molar-refractivity contribution in [1.82, 2.24) is 9.97 Å². The molecular formula is C29H26N2O. The van der Waals surface area contributed by atoms with E-state index in [1.165, 1.54) is 22.3 Å². The van der Waals surface area contributed by atoms with Crippen molar-refractivity contribution in [1.29, 1.82) is 0 Å². The maximum absolute atomic E-state index is 9.27. The van der Waals surface area contributed by atoms with Crippen molar-refractivity contribution in [2.75, 3.05) is 0 Å². The molecule has 3 aromatic carbocycles. The van der Waals surface area contributed by atoms with Crippen LogP contribution in [-0.2, 0) is 19.4 Å². The number of nitrogens with zero attached hydrogens (tertiary/aromatic N) is 2. The van der Waals surface area contributed by atoms with E-state index in [2.05, 4.69) is 49.0 Å². The van der Waals surface area contributed by atoms with E-state index in [1.807, 2.05) is 48.7 Å². The van der Waals surface area contributed by atoms with Crippen LogP contribution < -0.4 is 0 Å². The van der Waals surface area contributed by atoms with E-state index in [-0.39, 0.29) is 6.61 Å². The number of hydrogen-bond donors (Lipinski definition) is 1. The van der Waals surface area contributed by atoms with E-state index in [9.17, 15) is 5.11 Å². The molecule has 0 fully saturated rings. The van der Waals surface area contributed by atoms with Gasteiger partial charge in [0.2, 0.25) is 0 Å². The summed E-state index contributed by atoms with van der Waals surface area (Å²) < 4.78 is 0. The average molecular weight is 419 g/mol. The number of benzene rings is 3. The van der Waals surface area contributed by atoms with Crippen LogP contribution in [0.2, 0.25) is 0 Å². The molecule has 3 nitrogen and oxygen atoms in total. The SMILES string of the molecule is C#Cc1ccc(Cc2nccc(Cc3c(C)cc(-c4ccc(CO)cc4)cc3C)n2)cc1. The molecule has 0 saturated carbocycles. The molecule has 0 aliphatic heterocycles. The smallest absolute Gasteiger partial charge is 0.132 e. The predicted octanol–water partition coefficient (Wildman–Crippen LogP) is 5.42. The second-order valence-corrected chi connectivity index (χ2v) is 8.10. The van der Waals surface area contributed by atoms with E-state index in [4.69, 9.17) is 11.4 Å². The first-order valence-electron chi connectivity index (χ1n) is 10.7. The summed E-state index contributed by atoms with van der Waals surface area (Å²) in [6, 6.07) is 22.5. The van der Waals surface area contributed by atoms with Crippen LogP contribution in [0.15, 0.2) is 72.9 Å². The first-order chi connectivity index (χ1) is 15.6. The van der Waals surface area contributed by atoms with E-state index >= 15 is 0 Å². The summed E-state index contributed by atoms with van der Waals surface area (Å²) in [5, 5.41) is 9.27. The van der Waals surface area contributed by atoms with Gasteiger partial charge in [0.1, 0.15) is 5.82 Å². The number of hydrogen-bond acceptors (Lipinski definition) is 3. The summed E-state index contributed by atoms with van der Waals surface area (Å²) >= 11 is 0. The molecule has 1 heterocycles. The number of aryl methyl sites for hydroxylation is 2. The minimum atomic E-state index is 0.0639. The molecule has 4 rings (SSSR count). The Morgan fingerprint density at radius 3 is 2.09 bits per heavy atom. The fourth-order valence-corrected chi connectivity index (χ4v) is 3.95. The molecule has 0 atom stereocenters. The zero-order valence-electron chi connectivity index (χ0n) is 18.5. The Kier molecular flexibility index (Phi) is 6.44. The summed E-state index contributed by atoms with van der Waals surface area (Å²) in [5.41, 5.74) is 10.1. The van der Waals surface area contributed by atoms with Gasteiger partial charge in [-0.25, -0.2) is 9.97 Å². The summed E-state index contributed by atoms with van der Waals surface area (Å²) in [4.78, 5) is 9.28. The Hall–Kier alpha value is -3.74. The van der Waals surface area contributed by atoms with Gasteiger partial charge in [0.15, 0.2) is 0 Å². The summed E-state index contributed by atoms with van der Waals surface area (Å²) in [5.74, 6) is 3.46. The second kappa shape index (κ2) is 9.60. The van der Waals surface area contributed by atoms with Crippen LogP contribution >= 0.6 is 0 Å². The topological polar surface area (TPSA) is 46.0 Å². The molecule has 0 unspecified atom stereocenters. The third-order valence-corrected chi connectivity index (χ3v) is 5.77. The molecule has 4 aromatic rings. The van der Waals surface area contributed by atoms with Gasteiger partial charge in [-0.1, -0.05) is 54.5 Å². The highest BCUT2D eigenvalue weighted by Crippen LogP contribution is 2.27. The summed E-state index contributed by atoms with van der Waals surface area (Å²) in [6.45, 7) is 4.38. The first kappa shape index (κ1) is 21.5. The highest BCUT2D eigenvalue weighted by Gasteiger charge is 2.10. The van der Waals surface area contributed by atoms with Crippen molar-refractivity contribution in [2.45, 2.75) is 33.3 Å². The normalized spacial score (nSPS) is 10.7. The summed E-state index contributed by atoms with van der Waals surface area (Å²) in [7, 11) is 0. The lowest BCUT2D eigenvalue weighted by Gasteiger charge is -2.14. The van der Waals surface area contributed by atoms with Gasteiger partial charge in [-0.15, -0.1) is 6.42 Å². The molecule has 0 saturated heterocycles. The molecule has 1 aromatic heterocycles. The predicted molar refractivity (Wildman–Crippen MR) is 129 cm³/mol. The maximum Gasteiger partial charge on any atom is 0.132 e. The van der Waals surface area contributed by atoms with Crippen molar-refractivity contribution in [3.63, 3.8) is 0 Å². The van der Waals surface area contributed by atoms with Crippen LogP contribution in [0.25, 0.3) is 11.1 Å². The molecule has 158 valence electrons. The lowest BCUT2D eigenvalue weighted by molar-refractivity contribution is 0.282. The number of terminal acetylenes is 1. The first-order valence-corrected chi connectivity index (χ1v) is 10.7. The van der Waals surface area contributed by atoms with Crippen LogP contribution in [0, 0.1) is 26.2 Å². The van der Waals surface area contributed by atoms with Gasteiger partial charge in [0.05, 0.1) is 6.61 Å². The van der Waals surface area contributed by atoms with Crippen molar-refractivity contribution < 1.29 is 5.11 Å². The van der Waals surface area contributed by atoms with Crippen LogP contribution in [0.5, 0.6) is 0 Å². The van der Waals surface area contributed by atoms with Crippen molar-refractivity contribution in [3.05, 3.63) is 118 Å². The van der Waals surface area contributed by atoms with E-state index in [0.29, 0.717) is 6.42 Å². The monoisotopic (exact) mass is 418 g/mol. The fourth-order valence-electron chi connectivity index (χ4n) is 3.95. The largest absolute Gasteiger partial charge is 0.392 e. The van der Waals surface area contributed by atoms with Crippen molar-refractivity contribution >= 4 is 0 Å². The minimum absolute atomic E-state index is 0.0639. The molecule has 0 bridgehead atoms. The Morgan fingerprint density at radius 1 is 0.812 bits per heavy atom. The zero-order chi connectivity index (χ0) is 22.5. The summed E-state index contributed by atoms with van der Waals surface area (Å²) in [6.07, 6.45) is 8.73. The molecule has 1 N–H and O–H groups in total. The van der Waals surface area contributed by atoms with Gasteiger partial charge in [-0.2, -0.15) is 0 Å². The van der Waals surface area contributed by atoms with Crippen LogP contribution in [0.3, 0.4) is 0 Å². The van der Waals surface area contributed by atoms with Gasteiger partial charge in [-0.05, 0) is 71.0 Å². The van der Waals surface area contributed by atoms with Gasteiger partial charge < -0.3 is 5.11 Å². The molecule has 0 aliphatic rings. The lowest BCUT2D eigenvalue weighted by Crippen LogP contribution is -2.03. The van der Waals surface area contributed by atoms with E-state index in [0.717, 1.165) is 40.2 Å². The Labute approximate surface area is 189 Å². The third-order valence-electron chi connectivity index (χ3n) is 5.77. The van der Waals surface area contributed by atoms with Gasteiger partial charge in [-0.3, -0.25) is 0 Å². The van der Waals surface area contributed by atoms with Crippen molar-refractivity contribution in [2.24, 2.45) is 0 Å².